The normalized spacial score (nSPS) is 17.1. The van der Waals surface area contributed by atoms with Gasteiger partial charge in [-0.15, -0.1) is 0 Å². The fourth-order valence-electron chi connectivity index (χ4n) is 2.57. The van der Waals surface area contributed by atoms with E-state index in [0.717, 1.165) is 25.6 Å². The molecule has 0 unspecified atom stereocenters. The first-order valence-electron chi connectivity index (χ1n) is 6.60. The Bertz CT molecular complexity index is 300. The summed E-state index contributed by atoms with van der Waals surface area (Å²) >= 11 is 0. The van der Waals surface area contributed by atoms with E-state index in [1.54, 1.807) is 0 Å². The zero-order chi connectivity index (χ0) is 11.2. The maximum absolute atomic E-state index is 4.24. The Hall–Kier alpha value is -0.830. The molecule has 16 heavy (non-hydrogen) atoms. The third-order valence-corrected chi connectivity index (χ3v) is 3.61. The van der Waals surface area contributed by atoms with Gasteiger partial charge in [-0.25, -0.2) is 4.98 Å². The van der Waals surface area contributed by atoms with Crippen molar-refractivity contribution < 1.29 is 0 Å². The zero-order valence-electron chi connectivity index (χ0n) is 10.3. The molecule has 1 fully saturated rings. The number of hydrogen-bond donors (Lipinski definition) is 1. The van der Waals surface area contributed by atoms with Crippen molar-refractivity contribution in [2.24, 2.45) is 5.92 Å². The summed E-state index contributed by atoms with van der Waals surface area (Å²) in [6.45, 7) is 5.25. The summed E-state index contributed by atoms with van der Waals surface area (Å²) in [5.41, 5.74) is 1.32. The largest absolute Gasteiger partial charge is 0.333 e. The molecular weight excluding hydrogens is 198 g/mol. The average molecular weight is 221 g/mol. The van der Waals surface area contributed by atoms with Gasteiger partial charge in [0.05, 0.1) is 12.0 Å². The first kappa shape index (κ1) is 11.6. The predicted octanol–water partition coefficient (Wildman–Crippen LogP) is 2.57. The minimum Gasteiger partial charge on any atom is -0.333 e. The Balaban J connectivity index is 1.80. The van der Waals surface area contributed by atoms with Gasteiger partial charge in [0, 0.05) is 19.3 Å². The Morgan fingerprint density at radius 2 is 2.25 bits per heavy atom. The monoisotopic (exact) mass is 221 g/mol. The Labute approximate surface area is 98.3 Å². The molecule has 1 heterocycles. The molecule has 0 bridgehead atoms. The molecular formula is C13H23N3. The summed E-state index contributed by atoms with van der Waals surface area (Å²) in [5, 5.41) is 3.36. The Morgan fingerprint density at radius 3 is 3.00 bits per heavy atom. The first-order chi connectivity index (χ1) is 7.90. The first-order valence-corrected chi connectivity index (χ1v) is 6.60. The van der Waals surface area contributed by atoms with Crippen molar-refractivity contribution in [1.29, 1.82) is 0 Å². The molecule has 1 saturated carbocycles. The average Bonchev–Trinajstić information content (AvgIpc) is 2.94. The second kappa shape index (κ2) is 6.04. The zero-order valence-corrected chi connectivity index (χ0v) is 10.3. The summed E-state index contributed by atoms with van der Waals surface area (Å²) in [6.07, 6.45) is 11.1. The topological polar surface area (TPSA) is 29.9 Å². The van der Waals surface area contributed by atoms with Gasteiger partial charge in [-0.1, -0.05) is 32.6 Å². The van der Waals surface area contributed by atoms with Gasteiger partial charge in [0.1, 0.15) is 0 Å². The highest BCUT2D eigenvalue weighted by atomic mass is 15.1. The summed E-state index contributed by atoms with van der Waals surface area (Å²) in [7, 11) is 0. The number of imidazole rings is 1. The summed E-state index contributed by atoms with van der Waals surface area (Å²) in [4.78, 5) is 4.24. The summed E-state index contributed by atoms with van der Waals surface area (Å²) in [5.74, 6) is 0.967. The van der Waals surface area contributed by atoms with Crippen LogP contribution < -0.4 is 5.32 Å². The van der Waals surface area contributed by atoms with Crippen LogP contribution in [-0.2, 0) is 13.1 Å². The number of rotatable bonds is 6. The Morgan fingerprint density at radius 1 is 1.44 bits per heavy atom. The van der Waals surface area contributed by atoms with Crippen LogP contribution in [0.1, 0.15) is 44.7 Å². The lowest BCUT2D eigenvalue weighted by Gasteiger charge is -2.12. The van der Waals surface area contributed by atoms with Gasteiger partial charge in [0.25, 0.3) is 0 Å². The SMILES string of the molecule is CCNCc1cncn1CCC1CCCC1. The highest BCUT2D eigenvalue weighted by Crippen LogP contribution is 2.27. The van der Waals surface area contributed by atoms with Gasteiger partial charge in [-0.3, -0.25) is 0 Å². The molecule has 1 aliphatic rings. The van der Waals surface area contributed by atoms with Crippen LogP contribution in [0.2, 0.25) is 0 Å². The lowest BCUT2D eigenvalue weighted by Crippen LogP contribution is -2.15. The highest BCUT2D eigenvalue weighted by Gasteiger charge is 2.14. The molecule has 1 aromatic rings. The van der Waals surface area contributed by atoms with Crippen LogP contribution in [-0.4, -0.2) is 16.1 Å². The molecule has 0 aliphatic heterocycles. The standard InChI is InChI=1S/C13H23N3/c1-2-14-9-13-10-15-11-16(13)8-7-12-5-3-4-6-12/h10-12,14H,2-9H2,1H3. The van der Waals surface area contributed by atoms with E-state index in [-0.39, 0.29) is 0 Å². The maximum Gasteiger partial charge on any atom is 0.0948 e. The molecule has 0 amide bonds. The van der Waals surface area contributed by atoms with Crippen molar-refractivity contribution in [1.82, 2.24) is 14.9 Å². The summed E-state index contributed by atoms with van der Waals surface area (Å²) in [6, 6.07) is 0. The van der Waals surface area contributed by atoms with E-state index in [9.17, 15) is 0 Å². The van der Waals surface area contributed by atoms with E-state index in [1.807, 2.05) is 12.5 Å². The van der Waals surface area contributed by atoms with Gasteiger partial charge in [-0.2, -0.15) is 0 Å². The van der Waals surface area contributed by atoms with Crippen LogP contribution >= 0.6 is 0 Å². The molecule has 0 spiro atoms. The predicted molar refractivity (Wildman–Crippen MR) is 66.2 cm³/mol. The van der Waals surface area contributed by atoms with E-state index < -0.39 is 0 Å². The molecule has 1 N–H and O–H groups in total. The van der Waals surface area contributed by atoms with Gasteiger partial charge in [-0.05, 0) is 18.9 Å². The summed E-state index contributed by atoms with van der Waals surface area (Å²) < 4.78 is 2.31. The molecule has 3 nitrogen and oxygen atoms in total. The van der Waals surface area contributed by atoms with Crippen LogP contribution in [0.3, 0.4) is 0 Å². The number of hydrogen-bond acceptors (Lipinski definition) is 2. The van der Waals surface area contributed by atoms with Crippen LogP contribution in [0.5, 0.6) is 0 Å². The fourth-order valence-corrected chi connectivity index (χ4v) is 2.57. The van der Waals surface area contributed by atoms with E-state index >= 15 is 0 Å². The molecule has 1 aliphatic carbocycles. The Kier molecular flexibility index (Phi) is 4.40. The van der Waals surface area contributed by atoms with Gasteiger partial charge in [0.2, 0.25) is 0 Å². The lowest BCUT2D eigenvalue weighted by atomic mass is 10.0. The van der Waals surface area contributed by atoms with E-state index in [4.69, 9.17) is 0 Å². The second-order valence-electron chi connectivity index (χ2n) is 4.80. The lowest BCUT2D eigenvalue weighted by molar-refractivity contribution is 0.450. The van der Waals surface area contributed by atoms with Crippen LogP contribution in [0.15, 0.2) is 12.5 Å². The van der Waals surface area contributed by atoms with E-state index in [0.29, 0.717) is 0 Å². The second-order valence-corrected chi connectivity index (χ2v) is 4.80. The molecule has 1 aromatic heterocycles. The molecule has 3 heteroatoms. The third-order valence-electron chi connectivity index (χ3n) is 3.61. The van der Waals surface area contributed by atoms with Crippen molar-refractivity contribution in [3.63, 3.8) is 0 Å². The van der Waals surface area contributed by atoms with Crippen molar-refractivity contribution in [2.45, 2.75) is 52.1 Å². The molecule has 0 atom stereocenters. The van der Waals surface area contributed by atoms with E-state index in [2.05, 4.69) is 21.8 Å². The number of aromatic nitrogens is 2. The molecule has 0 aromatic carbocycles. The molecule has 0 saturated heterocycles. The van der Waals surface area contributed by atoms with Crippen molar-refractivity contribution in [2.75, 3.05) is 6.54 Å². The third kappa shape index (κ3) is 3.08. The smallest absolute Gasteiger partial charge is 0.0948 e. The van der Waals surface area contributed by atoms with Crippen LogP contribution in [0, 0.1) is 5.92 Å². The minimum atomic E-state index is 0.946. The molecule has 0 radical (unpaired) electrons. The minimum absolute atomic E-state index is 0.946. The van der Waals surface area contributed by atoms with Crippen LogP contribution in [0.25, 0.3) is 0 Å². The highest BCUT2D eigenvalue weighted by molar-refractivity contribution is 4.97. The molecule has 90 valence electrons. The quantitative estimate of drug-likeness (QED) is 0.800. The maximum atomic E-state index is 4.24. The van der Waals surface area contributed by atoms with Gasteiger partial charge < -0.3 is 9.88 Å². The van der Waals surface area contributed by atoms with E-state index in [1.165, 1.54) is 37.8 Å². The van der Waals surface area contributed by atoms with Crippen molar-refractivity contribution in [3.8, 4) is 0 Å². The molecule has 2 rings (SSSR count). The van der Waals surface area contributed by atoms with Gasteiger partial charge in [0.15, 0.2) is 0 Å². The van der Waals surface area contributed by atoms with Crippen LogP contribution in [0.4, 0.5) is 0 Å². The fraction of sp³-hybridized carbons (Fsp3) is 0.769. The number of nitrogens with zero attached hydrogens (tertiary/aromatic N) is 2. The number of aryl methyl sites for hydroxylation is 1. The van der Waals surface area contributed by atoms with Crippen molar-refractivity contribution >= 4 is 0 Å². The van der Waals surface area contributed by atoms with Crippen molar-refractivity contribution in [3.05, 3.63) is 18.2 Å². The van der Waals surface area contributed by atoms with Gasteiger partial charge >= 0.3 is 0 Å². The number of nitrogens with one attached hydrogen (secondary N) is 1.